The highest BCUT2D eigenvalue weighted by Crippen LogP contribution is 2.15. The van der Waals surface area contributed by atoms with Crippen molar-refractivity contribution >= 4 is 5.97 Å². The average Bonchev–Trinajstić information content (AvgIpc) is 2.14. The summed E-state index contributed by atoms with van der Waals surface area (Å²) in [5, 5.41) is 0. The lowest BCUT2D eigenvalue weighted by atomic mass is 10.2. The number of ether oxygens (including phenoxy) is 1. The lowest BCUT2D eigenvalue weighted by molar-refractivity contribution is -0.161. The van der Waals surface area contributed by atoms with Gasteiger partial charge in [-0.2, -0.15) is 13.2 Å². The second-order valence-electron chi connectivity index (χ2n) is 2.70. The normalized spacial score (nSPS) is 11.2. The maximum Gasteiger partial charge on any atom is 0.422 e. The molecule has 2 nitrogen and oxygen atoms in total. The second kappa shape index (κ2) is 4.29. The highest BCUT2D eigenvalue weighted by Gasteiger charge is 2.29. The molecule has 0 N–H and O–H groups in total. The quantitative estimate of drug-likeness (QED) is 0.567. The third kappa shape index (κ3) is 3.97. The molecule has 1 aromatic carbocycles. The number of rotatable bonds is 2. The summed E-state index contributed by atoms with van der Waals surface area (Å²) in [6.45, 7) is -1.65. The van der Waals surface area contributed by atoms with Crippen LogP contribution >= 0.6 is 0 Å². The molecule has 0 spiro atoms. The predicted molar refractivity (Wildman–Crippen MR) is 42.7 cm³/mol. The lowest BCUT2D eigenvalue weighted by Crippen LogP contribution is -2.20. The zero-order valence-corrected chi connectivity index (χ0v) is 7.34. The first-order chi connectivity index (χ1) is 6.88. The molecule has 0 aliphatic rings. The first-order valence-electron chi connectivity index (χ1n) is 3.88. The van der Waals surface area contributed by atoms with Crippen molar-refractivity contribution in [2.24, 2.45) is 0 Å². The molecule has 0 radical (unpaired) electrons. The van der Waals surface area contributed by atoms with Crippen LogP contribution in [0.5, 0.6) is 0 Å². The van der Waals surface area contributed by atoms with E-state index in [0.29, 0.717) is 0 Å². The number of carbonyl (C=O) groups excluding carboxylic acids is 1. The molecule has 0 unspecified atom stereocenters. The van der Waals surface area contributed by atoms with Gasteiger partial charge in [0.15, 0.2) is 6.61 Å². The van der Waals surface area contributed by atoms with Gasteiger partial charge in [-0.3, -0.25) is 0 Å². The molecule has 0 bridgehead atoms. The molecule has 6 heteroatoms. The summed E-state index contributed by atoms with van der Waals surface area (Å²) in [6.07, 6.45) is -4.56. The number of hydrogen-bond acceptors (Lipinski definition) is 2. The van der Waals surface area contributed by atoms with Crippen molar-refractivity contribution < 1.29 is 27.1 Å². The number of alkyl halides is 3. The number of benzene rings is 1. The van der Waals surface area contributed by atoms with Crippen LogP contribution in [-0.4, -0.2) is 18.8 Å². The minimum Gasteiger partial charge on any atom is -0.452 e. The van der Waals surface area contributed by atoms with Crippen molar-refractivity contribution in [2.75, 3.05) is 6.61 Å². The van der Waals surface area contributed by atoms with Crippen molar-refractivity contribution in [2.45, 2.75) is 6.18 Å². The first-order valence-corrected chi connectivity index (χ1v) is 3.88. The SMILES string of the molecule is O=C(OCC(F)(F)F)c1ccc(F)cc1. The van der Waals surface area contributed by atoms with Crippen LogP contribution < -0.4 is 0 Å². The van der Waals surface area contributed by atoms with Gasteiger partial charge in [0, 0.05) is 0 Å². The van der Waals surface area contributed by atoms with Crippen LogP contribution in [0.3, 0.4) is 0 Å². The fraction of sp³-hybridized carbons (Fsp3) is 0.222. The smallest absolute Gasteiger partial charge is 0.422 e. The Morgan fingerprint density at radius 1 is 1.20 bits per heavy atom. The predicted octanol–water partition coefficient (Wildman–Crippen LogP) is 2.54. The average molecular weight is 222 g/mol. The Morgan fingerprint density at radius 3 is 2.20 bits per heavy atom. The van der Waals surface area contributed by atoms with Gasteiger partial charge in [-0.15, -0.1) is 0 Å². The fourth-order valence-electron chi connectivity index (χ4n) is 0.817. The van der Waals surface area contributed by atoms with Crippen LogP contribution in [-0.2, 0) is 4.74 Å². The van der Waals surface area contributed by atoms with E-state index in [1.54, 1.807) is 0 Å². The van der Waals surface area contributed by atoms with Gasteiger partial charge in [0.1, 0.15) is 5.82 Å². The maximum atomic E-state index is 12.4. The van der Waals surface area contributed by atoms with Gasteiger partial charge in [-0.05, 0) is 24.3 Å². The highest BCUT2D eigenvalue weighted by molar-refractivity contribution is 5.89. The van der Waals surface area contributed by atoms with E-state index < -0.39 is 24.6 Å². The number of carbonyl (C=O) groups is 1. The van der Waals surface area contributed by atoms with E-state index >= 15 is 0 Å². The van der Waals surface area contributed by atoms with Gasteiger partial charge < -0.3 is 4.74 Å². The maximum absolute atomic E-state index is 12.4. The summed E-state index contributed by atoms with van der Waals surface area (Å²) in [6, 6.07) is 4.02. The second-order valence-corrected chi connectivity index (χ2v) is 2.70. The monoisotopic (exact) mass is 222 g/mol. The van der Waals surface area contributed by atoms with Crippen LogP contribution in [0.15, 0.2) is 24.3 Å². The Balaban J connectivity index is 2.58. The van der Waals surface area contributed by atoms with E-state index in [0.717, 1.165) is 24.3 Å². The molecule has 15 heavy (non-hydrogen) atoms. The van der Waals surface area contributed by atoms with E-state index in [1.807, 2.05) is 0 Å². The molecule has 0 heterocycles. The van der Waals surface area contributed by atoms with Gasteiger partial charge in [0.25, 0.3) is 0 Å². The molecular weight excluding hydrogens is 216 g/mol. The number of hydrogen-bond donors (Lipinski definition) is 0. The molecule has 0 saturated heterocycles. The molecule has 0 amide bonds. The molecule has 0 atom stereocenters. The van der Waals surface area contributed by atoms with Crippen molar-refractivity contribution in [3.63, 3.8) is 0 Å². The molecular formula is C9H6F4O2. The highest BCUT2D eigenvalue weighted by atomic mass is 19.4. The summed E-state index contributed by atoms with van der Waals surface area (Å²) in [5.41, 5.74) is -0.124. The third-order valence-corrected chi connectivity index (χ3v) is 1.45. The van der Waals surface area contributed by atoms with Crippen molar-refractivity contribution in [3.05, 3.63) is 35.6 Å². The molecule has 1 rings (SSSR count). The zero-order chi connectivity index (χ0) is 11.5. The number of halogens is 4. The van der Waals surface area contributed by atoms with Crippen molar-refractivity contribution in [3.8, 4) is 0 Å². The van der Waals surface area contributed by atoms with Crippen LogP contribution in [0.2, 0.25) is 0 Å². The minimum absolute atomic E-state index is 0.124. The van der Waals surface area contributed by atoms with E-state index in [4.69, 9.17) is 0 Å². The van der Waals surface area contributed by atoms with Crippen LogP contribution in [0.25, 0.3) is 0 Å². The molecule has 0 aliphatic heterocycles. The minimum atomic E-state index is -4.56. The van der Waals surface area contributed by atoms with Gasteiger partial charge in [0.2, 0.25) is 0 Å². The number of esters is 1. The van der Waals surface area contributed by atoms with E-state index in [2.05, 4.69) is 4.74 Å². The largest absolute Gasteiger partial charge is 0.452 e. The van der Waals surface area contributed by atoms with Gasteiger partial charge in [-0.25, -0.2) is 9.18 Å². The van der Waals surface area contributed by atoms with Crippen LogP contribution in [0.1, 0.15) is 10.4 Å². The standard InChI is InChI=1S/C9H6F4O2/c10-7-3-1-6(2-4-7)8(14)15-5-9(11,12)13/h1-4H,5H2. The molecule has 0 fully saturated rings. The van der Waals surface area contributed by atoms with Gasteiger partial charge in [-0.1, -0.05) is 0 Å². The van der Waals surface area contributed by atoms with Gasteiger partial charge in [0.05, 0.1) is 5.56 Å². The Kier molecular flexibility index (Phi) is 3.28. The topological polar surface area (TPSA) is 26.3 Å². The van der Waals surface area contributed by atoms with E-state index in [1.165, 1.54) is 0 Å². The molecule has 1 aromatic rings. The van der Waals surface area contributed by atoms with Crippen molar-refractivity contribution in [1.29, 1.82) is 0 Å². The van der Waals surface area contributed by atoms with Crippen LogP contribution in [0.4, 0.5) is 17.6 Å². The first kappa shape index (κ1) is 11.5. The molecule has 0 saturated carbocycles. The van der Waals surface area contributed by atoms with Gasteiger partial charge >= 0.3 is 12.1 Å². The Morgan fingerprint density at radius 2 is 1.73 bits per heavy atom. The molecule has 0 aliphatic carbocycles. The Labute approximate surface area is 82.5 Å². The van der Waals surface area contributed by atoms with E-state index in [9.17, 15) is 22.4 Å². The zero-order valence-electron chi connectivity index (χ0n) is 7.34. The Hall–Kier alpha value is -1.59. The summed E-state index contributed by atoms with van der Waals surface area (Å²) in [4.78, 5) is 11.0. The van der Waals surface area contributed by atoms with E-state index in [-0.39, 0.29) is 5.56 Å². The summed E-state index contributed by atoms with van der Waals surface area (Å²) >= 11 is 0. The lowest BCUT2D eigenvalue weighted by Gasteiger charge is -2.07. The van der Waals surface area contributed by atoms with Crippen molar-refractivity contribution in [1.82, 2.24) is 0 Å². The summed E-state index contributed by atoms with van der Waals surface area (Å²) in [7, 11) is 0. The summed E-state index contributed by atoms with van der Waals surface area (Å²) in [5.74, 6) is -1.71. The summed E-state index contributed by atoms with van der Waals surface area (Å²) < 4.78 is 51.3. The van der Waals surface area contributed by atoms with Crippen LogP contribution in [0, 0.1) is 5.82 Å². The third-order valence-electron chi connectivity index (χ3n) is 1.45. The fourth-order valence-corrected chi connectivity index (χ4v) is 0.817. The molecule has 0 aromatic heterocycles. The molecule has 82 valence electrons. The Bertz CT molecular complexity index is 342.